The first kappa shape index (κ1) is 20.4. The number of anilines is 3. The Morgan fingerprint density at radius 3 is 2.63 bits per heavy atom. The van der Waals surface area contributed by atoms with Crippen LogP contribution in [0.3, 0.4) is 0 Å². The molecule has 6 rings (SSSR count). The van der Waals surface area contributed by atoms with Gasteiger partial charge in [0.05, 0.1) is 11.1 Å². The summed E-state index contributed by atoms with van der Waals surface area (Å²) in [5.74, 6) is 2.49. The van der Waals surface area contributed by atoms with Gasteiger partial charge in [-0.3, -0.25) is 9.36 Å². The number of nitrogens with one attached hydrogen (secondary N) is 2. The second-order valence-electron chi connectivity index (χ2n) is 7.77. The molecule has 0 fully saturated rings. The number of amidine groups is 1. The lowest BCUT2D eigenvalue weighted by Gasteiger charge is -2.24. The zero-order chi connectivity index (χ0) is 23.8. The van der Waals surface area contributed by atoms with E-state index >= 15 is 0 Å². The van der Waals surface area contributed by atoms with Gasteiger partial charge in [0.1, 0.15) is 23.5 Å². The van der Waals surface area contributed by atoms with Gasteiger partial charge < -0.3 is 15.0 Å². The van der Waals surface area contributed by atoms with E-state index in [9.17, 15) is 4.79 Å². The van der Waals surface area contributed by atoms with Gasteiger partial charge in [0.15, 0.2) is 11.7 Å². The number of carbonyl (C=O) groups is 1. The molecule has 2 aromatic carbocycles. The number of nitrogens with zero attached hydrogens (tertiary/aromatic N) is 5. The van der Waals surface area contributed by atoms with Crippen molar-refractivity contribution >= 4 is 40.0 Å². The first-order valence-electron chi connectivity index (χ1n) is 10.9. The molecule has 1 aliphatic rings. The smallest absolute Gasteiger partial charge is 0.254 e. The van der Waals surface area contributed by atoms with Crippen molar-refractivity contribution < 1.29 is 9.53 Å². The number of carbonyl (C=O) groups excluding carboxylic acids is 1. The number of aromatic amines is 1. The van der Waals surface area contributed by atoms with E-state index in [0.717, 1.165) is 28.1 Å². The molecule has 170 valence electrons. The molecule has 0 atom stereocenters. The van der Waals surface area contributed by atoms with Crippen LogP contribution in [-0.4, -0.2) is 31.3 Å². The summed E-state index contributed by atoms with van der Waals surface area (Å²) in [5.41, 5.74) is 3.05. The van der Waals surface area contributed by atoms with E-state index in [4.69, 9.17) is 9.84 Å². The molecule has 35 heavy (non-hydrogen) atoms. The fourth-order valence-corrected chi connectivity index (χ4v) is 3.89. The summed E-state index contributed by atoms with van der Waals surface area (Å²) >= 11 is 0. The second-order valence-corrected chi connectivity index (χ2v) is 7.77. The number of hydrazone groups is 1. The molecule has 0 amide bonds. The molecule has 9 heteroatoms. The normalized spacial score (nSPS) is 12.3. The lowest BCUT2D eigenvalue weighted by atomic mass is 10.1. The first-order valence-corrected chi connectivity index (χ1v) is 10.9. The van der Waals surface area contributed by atoms with Crippen LogP contribution in [0.2, 0.25) is 0 Å². The van der Waals surface area contributed by atoms with Crippen molar-refractivity contribution in [3.05, 3.63) is 104 Å². The number of hydrogen-bond donors (Lipinski definition) is 2. The van der Waals surface area contributed by atoms with Gasteiger partial charge in [-0.25, -0.2) is 15.0 Å². The standard InChI is InChI=1S/C26H19N7O2/c1-2-22(34)32-13-12-18(15-32)33-26-23-21(14-27-25(23)28-16-29-26)24(31-33)30-17-8-10-20(11-9-17)35-19-6-4-3-5-7-19/h2-16H,1H2,(H,30,31)(H,27,28,29). The summed E-state index contributed by atoms with van der Waals surface area (Å²) in [6.07, 6.45) is 7.95. The summed E-state index contributed by atoms with van der Waals surface area (Å²) in [7, 11) is 0. The summed E-state index contributed by atoms with van der Waals surface area (Å²) in [6, 6.07) is 19.0. The maximum atomic E-state index is 12.0. The fraction of sp³-hybridized carbons (Fsp3) is 0. The van der Waals surface area contributed by atoms with Crippen molar-refractivity contribution in [1.82, 2.24) is 19.5 Å². The van der Waals surface area contributed by atoms with E-state index in [0.29, 0.717) is 23.0 Å². The molecule has 0 bridgehead atoms. The number of hydrogen-bond acceptors (Lipinski definition) is 7. The molecular formula is C26H19N7O2. The molecule has 5 aromatic rings. The Balaban J connectivity index is 1.34. The number of H-pyrrole nitrogens is 1. The van der Waals surface area contributed by atoms with E-state index in [1.54, 1.807) is 23.5 Å². The number of benzene rings is 2. The van der Waals surface area contributed by atoms with Gasteiger partial charge in [-0.15, -0.1) is 5.10 Å². The van der Waals surface area contributed by atoms with Gasteiger partial charge >= 0.3 is 0 Å². The predicted molar refractivity (Wildman–Crippen MR) is 134 cm³/mol. The van der Waals surface area contributed by atoms with Crippen LogP contribution in [0.5, 0.6) is 11.5 Å². The van der Waals surface area contributed by atoms with Crippen molar-refractivity contribution in [2.45, 2.75) is 0 Å². The molecule has 9 nitrogen and oxygen atoms in total. The highest BCUT2D eigenvalue weighted by molar-refractivity contribution is 6.20. The van der Waals surface area contributed by atoms with E-state index < -0.39 is 0 Å². The molecule has 0 spiro atoms. The largest absolute Gasteiger partial charge is 0.457 e. The van der Waals surface area contributed by atoms with E-state index in [1.807, 2.05) is 60.8 Å². The zero-order valence-corrected chi connectivity index (χ0v) is 18.4. The van der Waals surface area contributed by atoms with Crippen molar-refractivity contribution in [2.24, 2.45) is 5.10 Å². The Bertz CT molecular complexity index is 1580. The van der Waals surface area contributed by atoms with Crippen molar-refractivity contribution in [3.63, 3.8) is 0 Å². The Kier molecular flexibility index (Phi) is 4.85. The number of para-hydroxylation sites is 1. The maximum absolute atomic E-state index is 12.0. The second kappa shape index (κ2) is 8.31. The fourth-order valence-electron chi connectivity index (χ4n) is 3.89. The van der Waals surface area contributed by atoms with Gasteiger partial charge in [-0.05, 0) is 48.5 Å². The zero-order valence-electron chi connectivity index (χ0n) is 18.4. The van der Waals surface area contributed by atoms with Crippen LogP contribution in [0.15, 0.2) is 103 Å². The molecule has 0 saturated heterocycles. The van der Waals surface area contributed by atoms with Gasteiger partial charge in [0.25, 0.3) is 5.91 Å². The van der Waals surface area contributed by atoms with Crippen LogP contribution < -0.4 is 15.1 Å². The highest BCUT2D eigenvalue weighted by Crippen LogP contribution is 2.36. The molecule has 1 aliphatic heterocycles. The van der Waals surface area contributed by atoms with Gasteiger partial charge in [0, 0.05) is 29.8 Å². The Hall–Kier alpha value is -5.18. The summed E-state index contributed by atoms with van der Waals surface area (Å²) in [5, 5.41) is 10.7. The van der Waals surface area contributed by atoms with Crippen molar-refractivity contribution in [2.75, 3.05) is 10.3 Å². The van der Waals surface area contributed by atoms with Crippen molar-refractivity contribution in [3.8, 4) is 11.5 Å². The Labute approximate surface area is 200 Å². The van der Waals surface area contributed by atoms with E-state index in [1.165, 1.54) is 17.0 Å². The number of ether oxygens (including phenoxy) is 1. The minimum Gasteiger partial charge on any atom is -0.457 e. The summed E-state index contributed by atoms with van der Waals surface area (Å²) in [6.45, 7) is 3.55. The topological polar surface area (TPSA) is 100 Å². The molecule has 0 saturated carbocycles. The molecule has 2 N–H and O–H groups in total. The molecule has 0 aliphatic carbocycles. The summed E-state index contributed by atoms with van der Waals surface area (Å²) < 4.78 is 7.33. The quantitative estimate of drug-likeness (QED) is 0.344. The number of rotatable bonds is 5. The SMILES string of the molecule is C=CC(=O)n1ccc(N2N=C(Nc3ccc(Oc4ccccc4)cc3)c3c[nH]c4ncnc2c34)c1. The lowest BCUT2D eigenvalue weighted by Crippen LogP contribution is -2.24. The number of aromatic nitrogens is 4. The monoisotopic (exact) mass is 461 g/mol. The Morgan fingerprint density at radius 1 is 1.03 bits per heavy atom. The van der Waals surface area contributed by atoms with Crippen LogP contribution in [0.25, 0.3) is 11.0 Å². The lowest BCUT2D eigenvalue weighted by molar-refractivity contribution is 0.0969. The van der Waals surface area contributed by atoms with Crippen LogP contribution >= 0.6 is 0 Å². The van der Waals surface area contributed by atoms with Crippen molar-refractivity contribution in [1.29, 1.82) is 0 Å². The van der Waals surface area contributed by atoms with Gasteiger partial charge in [-0.2, -0.15) is 0 Å². The Morgan fingerprint density at radius 2 is 1.83 bits per heavy atom. The molecule has 0 radical (unpaired) electrons. The highest BCUT2D eigenvalue weighted by Gasteiger charge is 2.27. The average molecular weight is 461 g/mol. The maximum Gasteiger partial charge on any atom is 0.254 e. The van der Waals surface area contributed by atoms with Crippen LogP contribution in [0.4, 0.5) is 17.2 Å². The minimum absolute atomic E-state index is 0.233. The first-order chi connectivity index (χ1) is 17.2. The van der Waals surface area contributed by atoms with Gasteiger partial charge in [0.2, 0.25) is 0 Å². The van der Waals surface area contributed by atoms with Crippen LogP contribution in [0, 0.1) is 0 Å². The predicted octanol–water partition coefficient (Wildman–Crippen LogP) is 5.30. The molecular weight excluding hydrogens is 442 g/mol. The molecule has 4 heterocycles. The van der Waals surface area contributed by atoms with Gasteiger partial charge in [-0.1, -0.05) is 24.8 Å². The third-order valence-corrected chi connectivity index (χ3v) is 5.55. The third kappa shape index (κ3) is 3.70. The number of allylic oxidation sites excluding steroid dienone is 1. The molecule has 3 aromatic heterocycles. The summed E-state index contributed by atoms with van der Waals surface area (Å²) in [4.78, 5) is 24.0. The highest BCUT2D eigenvalue weighted by atomic mass is 16.5. The molecule has 0 unspecified atom stereocenters. The third-order valence-electron chi connectivity index (χ3n) is 5.55. The minimum atomic E-state index is -0.233. The average Bonchev–Trinajstić information content (AvgIpc) is 3.56. The van der Waals surface area contributed by atoms with E-state index in [-0.39, 0.29) is 5.91 Å². The van der Waals surface area contributed by atoms with Crippen LogP contribution in [-0.2, 0) is 0 Å². The van der Waals surface area contributed by atoms with Crippen LogP contribution in [0.1, 0.15) is 10.4 Å². The van der Waals surface area contributed by atoms with E-state index in [2.05, 4.69) is 26.8 Å².